The van der Waals surface area contributed by atoms with Crippen molar-refractivity contribution in [1.29, 1.82) is 0 Å². The van der Waals surface area contributed by atoms with Gasteiger partial charge in [0, 0.05) is 5.39 Å². The van der Waals surface area contributed by atoms with Crippen LogP contribution >= 0.6 is 0 Å². The van der Waals surface area contributed by atoms with Crippen LogP contribution < -0.4 is 0 Å². The number of benzene rings is 1. The number of hydrogen-bond acceptors (Lipinski definition) is 2. The van der Waals surface area contributed by atoms with Crippen LogP contribution in [0, 0.1) is 0 Å². The van der Waals surface area contributed by atoms with Gasteiger partial charge in [0.05, 0.1) is 11.9 Å². The third-order valence-corrected chi connectivity index (χ3v) is 3.17. The van der Waals surface area contributed by atoms with Gasteiger partial charge in [-0.05, 0) is 30.5 Å². The highest BCUT2D eigenvalue weighted by molar-refractivity contribution is 5.81. The molecule has 1 heterocycles. The van der Waals surface area contributed by atoms with Crippen molar-refractivity contribution in [2.24, 2.45) is 0 Å². The average molecular weight is 204 g/mol. The first-order valence-corrected chi connectivity index (χ1v) is 5.40. The lowest BCUT2D eigenvalue weighted by Gasteiger charge is -2.26. The Morgan fingerprint density at radius 1 is 1.20 bits per heavy atom. The van der Waals surface area contributed by atoms with Gasteiger partial charge in [0.25, 0.3) is 0 Å². The molecule has 0 aliphatic carbocycles. The van der Waals surface area contributed by atoms with E-state index in [1.54, 1.807) is 6.26 Å². The Bertz CT molecular complexity index is 452. The number of furan rings is 1. The summed E-state index contributed by atoms with van der Waals surface area (Å²) in [7, 11) is 0. The summed E-state index contributed by atoms with van der Waals surface area (Å²) in [5, 5.41) is 11.5. The smallest absolute Gasteiger partial charge is 0.134 e. The van der Waals surface area contributed by atoms with E-state index in [0.717, 1.165) is 16.5 Å². The van der Waals surface area contributed by atoms with Crippen molar-refractivity contribution >= 4 is 11.0 Å². The van der Waals surface area contributed by atoms with Gasteiger partial charge in [-0.3, -0.25) is 0 Å². The molecular formula is C13H16O2. The van der Waals surface area contributed by atoms with E-state index in [0.29, 0.717) is 12.8 Å². The maximum absolute atomic E-state index is 10.5. The van der Waals surface area contributed by atoms with E-state index < -0.39 is 5.60 Å². The highest BCUT2D eigenvalue weighted by Crippen LogP contribution is 2.34. The molecular weight excluding hydrogens is 188 g/mol. The van der Waals surface area contributed by atoms with Gasteiger partial charge in [0.2, 0.25) is 0 Å². The normalized spacial score (nSPS) is 12.2. The van der Waals surface area contributed by atoms with Crippen molar-refractivity contribution in [3.63, 3.8) is 0 Å². The maximum atomic E-state index is 10.5. The predicted octanol–water partition coefficient (Wildman–Crippen LogP) is 3.44. The van der Waals surface area contributed by atoms with E-state index >= 15 is 0 Å². The Morgan fingerprint density at radius 2 is 1.93 bits per heavy atom. The van der Waals surface area contributed by atoms with Crippen LogP contribution in [0.2, 0.25) is 0 Å². The van der Waals surface area contributed by atoms with Gasteiger partial charge in [-0.2, -0.15) is 0 Å². The van der Waals surface area contributed by atoms with Gasteiger partial charge in [0.15, 0.2) is 0 Å². The molecule has 2 aromatic rings. The Morgan fingerprint density at radius 3 is 2.60 bits per heavy atom. The minimum absolute atomic E-state index is 0.716. The first-order chi connectivity index (χ1) is 7.21. The van der Waals surface area contributed by atoms with E-state index in [-0.39, 0.29) is 0 Å². The second-order valence-corrected chi connectivity index (χ2v) is 3.88. The number of fused-ring (bicyclic) bond motifs is 1. The molecule has 0 spiro atoms. The molecule has 80 valence electrons. The lowest BCUT2D eigenvalue weighted by molar-refractivity contribution is 0.0299. The van der Waals surface area contributed by atoms with Crippen LogP contribution in [0.1, 0.15) is 32.3 Å². The van der Waals surface area contributed by atoms with Crippen molar-refractivity contribution in [3.8, 4) is 0 Å². The fraction of sp³-hybridized carbons (Fsp3) is 0.385. The van der Waals surface area contributed by atoms with E-state index in [4.69, 9.17) is 4.42 Å². The van der Waals surface area contributed by atoms with Crippen molar-refractivity contribution in [2.75, 3.05) is 0 Å². The lowest BCUT2D eigenvalue weighted by atomic mass is 9.87. The van der Waals surface area contributed by atoms with Gasteiger partial charge in [-0.25, -0.2) is 0 Å². The molecule has 2 nitrogen and oxygen atoms in total. The van der Waals surface area contributed by atoms with E-state index in [1.165, 1.54) is 0 Å². The van der Waals surface area contributed by atoms with Crippen molar-refractivity contribution in [3.05, 3.63) is 36.1 Å². The van der Waals surface area contributed by atoms with Crippen LogP contribution in [0.3, 0.4) is 0 Å². The summed E-state index contributed by atoms with van der Waals surface area (Å²) in [6, 6.07) is 7.74. The average Bonchev–Trinajstić information content (AvgIpc) is 2.75. The van der Waals surface area contributed by atoms with Gasteiger partial charge in [0.1, 0.15) is 5.58 Å². The molecule has 15 heavy (non-hydrogen) atoms. The fourth-order valence-electron chi connectivity index (χ4n) is 2.03. The van der Waals surface area contributed by atoms with Crippen LogP contribution in [0.4, 0.5) is 0 Å². The summed E-state index contributed by atoms with van der Waals surface area (Å²) in [5.41, 5.74) is 1.08. The van der Waals surface area contributed by atoms with Crippen molar-refractivity contribution in [1.82, 2.24) is 0 Å². The molecule has 0 aliphatic rings. The maximum Gasteiger partial charge on any atom is 0.134 e. The molecule has 0 fully saturated rings. The summed E-state index contributed by atoms with van der Waals surface area (Å²) in [6.07, 6.45) is 3.10. The molecule has 1 N–H and O–H groups in total. The van der Waals surface area contributed by atoms with Gasteiger partial charge < -0.3 is 9.52 Å². The van der Waals surface area contributed by atoms with Crippen LogP contribution in [0.25, 0.3) is 11.0 Å². The summed E-state index contributed by atoms with van der Waals surface area (Å²) in [5.74, 6) is 0. The van der Waals surface area contributed by atoms with Crippen molar-refractivity contribution in [2.45, 2.75) is 32.3 Å². The summed E-state index contributed by atoms with van der Waals surface area (Å²) in [4.78, 5) is 0. The highest BCUT2D eigenvalue weighted by Gasteiger charge is 2.26. The fourth-order valence-corrected chi connectivity index (χ4v) is 2.03. The summed E-state index contributed by atoms with van der Waals surface area (Å²) < 4.78 is 5.33. The largest absolute Gasteiger partial charge is 0.464 e. The molecule has 0 radical (unpaired) electrons. The van der Waals surface area contributed by atoms with E-state index in [9.17, 15) is 5.11 Å². The van der Waals surface area contributed by atoms with Crippen molar-refractivity contribution < 1.29 is 9.52 Å². The first kappa shape index (κ1) is 10.2. The van der Waals surface area contributed by atoms with E-state index in [2.05, 4.69) is 0 Å². The minimum Gasteiger partial charge on any atom is -0.464 e. The van der Waals surface area contributed by atoms with Crippen LogP contribution in [0.15, 0.2) is 34.9 Å². The van der Waals surface area contributed by atoms with Gasteiger partial charge in [-0.15, -0.1) is 0 Å². The zero-order chi connectivity index (χ0) is 10.9. The number of hydrogen-bond donors (Lipinski definition) is 1. The summed E-state index contributed by atoms with van der Waals surface area (Å²) in [6.45, 7) is 4.00. The monoisotopic (exact) mass is 204 g/mol. The molecule has 0 atom stereocenters. The van der Waals surface area contributed by atoms with E-state index in [1.807, 2.05) is 38.1 Å². The Kier molecular flexibility index (Phi) is 2.53. The Labute approximate surface area is 89.5 Å². The van der Waals surface area contributed by atoms with Gasteiger partial charge in [-0.1, -0.05) is 26.0 Å². The molecule has 2 heteroatoms. The molecule has 2 rings (SSSR count). The van der Waals surface area contributed by atoms with Crippen LogP contribution in [-0.2, 0) is 5.60 Å². The molecule has 0 saturated carbocycles. The number of aliphatic hydroxyl groups is 1. The Hall–Kier alpha value is -1.28. The first-order valence-electron chi connectivity index (χ1n) is 5.40. The topological polar surface area (TPSA) is 33.4 Å². The quantitative estimate of drug-likeness (QED) is 0.830. The second-order valence-electron chi connectivity index (χ2n) is 3.88. The highest BCUT2D eigenvalue weighted by atomic mass is 16.3. The molecule has 1 aromatic carbocycles. The van der Waals surface area contributed by atoms with Gasteiger partial charge >= 0.3 is 0 Å². The Balaban J connectivity index is 2.64. The predicted molar refractivity (Wildman–Crippen MR) is 60.7 cm³/mol. The van der Waals surface area contributed by atoms with Crippen LogP contribution in [0.5, 0.6) is 0 Å². The standard InChI is InChI=1S/C13H16O2/c1-3-13(14,4-2)11-6-5-7-12-10(11)8-9-15-12/h5-9,14H,3-4H2,1-2H3. The molecule has 0 unspecified atom stereocenters. The lowest BCUT2D eigenvalue weighted by Crippen LogP contribution is -2.23. The zero-order valence-corrected chi connectivity index (χ0v) is 9.16. The second kappa shape index (κ2) is 3.70. The molecule has 0 bridgehead atoms. The number of rotatable bonds is 3. The SMILES string of the molecule is CCC(O)(CC)c1cccc2occc12. The third-order valence-electron chi connectivity index (χ3n) is 3.17. The minimum atomic E-state index is -0.733. The van der Waals surface area contributed by atoms with Crippen LogP contribution in [-0.4, -0.2) is 5.11 Å². The molecule has 0 saturated heterocycles. The zero-order valence-electron chi connectivity index (χ0n) is 9.16. The molecule has 1 aromatic heterocycles. The summed E-state index contributed by atoms with van der Waals surface area (Å²) >= 11 is 0. The molecule has 0 aliphatic heterocycles. The molecule has 0 amide bonds. The third kappa shape index (κ3) is 1.55.